The lowest BCUT2D eigenvalue weighted by atomic mass is 9.93. The first-order valence-corrected chi connectivity index (χ1v) is 9.47. The molecule has 148 valence electrons. The van der Waals surface area contributed by atoms with Crippen molar-refractivity contribution in [2.75, 3.05) is 27.3 Å². The third-order valence-corrected chi connectivity index (χ3v) is 4.26. The van der Waals surface area contributed by atoms with Crippen LogP contribution in [0.15, 0.2) is 23.2 Å². The molecule has 0 heterocycles. The largest absolute Gasteiger partial charge is 0.497 e. The molecule has 6 nitrogen and oxygen atoms in total. The number of benzene rings is 1. The predicted molar refractivity (Wildman–Crippen MR) is 107 cm³/mol. The molecule has 0 radical (unpaired) electrons. The Morgan fingerprint density at radius 2 is 1.77 bits per heavy atom. The van der Waals surface area contributed by atoms with Crippen LogP contribution < -0.4 is 20.1 Å². The Bertz CT molecular complexity index is 555. The van der Waals surface area contributed by atoms with Crippen molar-refractivity contribution < 1.29 is 14.6 Å². The molecule has 0 unspecified atom stereocenters. The highest BCUT2D eigenvalue weighted by Gasteiger charge is 2.24. The smallest absolute Gasteiger partial charge is 0.191 e. The summed E-state index contributed by atoms with van der Waals surface area (Å²) < 4.78 is 10.7. The molecule has 0 spiro atoms. The first-order chi connectivity index (χ1) is 12.5. The predicted octanol–water partition coefficient (Wildman–Crippen LogP) is 3.09. The lowest BCUT2D eigenvalue weighted by Crippen LogP contribution is -2.47. The fourth-order valence-corrected chi connectivity index (χ4v) is 2.97. The van der Waals surface area contributed by atoms with Crippen molar-refractivity contribution in [1.29, 1.82) is 0 Å². The molecule has 0 aliphatic carbocycles. The number of hydrogen-bond donors (Lipinski definition) is 3. The molecule has 0 saturated heterocycles. The summed E-state index contributed by atoms with van der Waals surface area (Å²) in [6.45, 7) is 7.93. The van der Waals surface area contributed by atoms with Gasteiger partial charge in [0.05, 0.1) is 26.4 Å². The number of methoxy groups -OCH3 is 2. The Balaban J connectivity index is 2.83. The van der Waals surface area contributed by atoms with Crippen LogP contribution >= 0.6 is 0 Å². The number of nitrogens with one attached hydrogen (secondary N) is 2. The highest BCUT2D eigenvalue weighted by Crippen LogP contribution is 2.25. The number of nitrogens with zero attached hydrogens (tertiary/aromatic N) is 1. The van der Waals surface area contributed by atoms with E-state index in [1.54, 1.807) is 14.2 Å². The van der Waals surface area contributed by atoms with E-state index in [1.807, 2.05) is 25.1 Å². The normalized spacial score (nSPS) is 12.0. The first-order valence-electron chi connectivity index (χ1n) is 9.47. The summed E-state index contributed by atoms with van der Waals surface area (Å²) in [5, 5.41) is 17.3. The first kappa shape index (κ1) is 22.1. The van der Waals surface area contributed by atoms with Crippen LogP contribution in [0.1, 0.15) is 52.0 Å². The van der Waals surface area contributed by atoms with Crippen molar-refractivity contribution in [2.24, 2.45) is 4.99 Å². The van der Waals surface area contributed by atoms with Crippen molar-refractivity contribution in [3.63, 3.8) is 0 Å². The molecule has 1 aromatic rings. The number of rotatable bonds is 11. The summed E-state index contributed by atoms with van der Waals surface area (Å²) in [6.07, 6.45) is 3.46. The van der Waals surface area contributed by atoms with Crippen molar-refractivity contribution in [1.82, 2.24) is 10.6 Å². The molecule has 0 atom stereocenters. The second-order valence-electron chi connectivity index (χ2n) is 6.45. The van der Waals surface area contributed by atoms with Gasteiger partial charge in [0, 0.05) is 24.7 Å². The fraction of sp³-hybridized carbons (Fsp3) is 0.650. The van der Waals surface area contributed by atoms with E-state index >= 15 is 0 Å². The van der Waals surface area contributed by atoms with E-state index in [9.17, 15) is 5.11 Å². The quantitative estimate of drug-likeness (QED) is 0.415. The van der Waals surface area contributed by atoms with Gasteiger partial charge in [-0.05, 0) is 31.9 Å². The minimum Gasteiger partial charge on any atom is -0.497 e. The molecule has 0 aliphatic heterocycles. The summed E-state index contributed by atoms with van der Waals surface area (Å²) in [5.41, 5.74) is 0.278. The molecule has 1 rings (SSSR count). The highest BCUT2D eigenvalue weighted by molar-refractivity contribution is 5.79. The maximum Gasteiger partial charge on any atom is 0.191 e. The van der Waals surface area contributed by atoms with E-state index in [0.29, 0.717) is 19.0 Å². The SMILES string of the molecule is CCCC(O)(CCC)CNC(=NCc1ccc(OC)cc1OC)NCC. The number of aliphatic imine (C=N–C) groups is 1. The van der Waals surface area contributed by atoms with E-state index in [4.69, 9.17) is 9.47 Å². The zero-order valence-corrected chi connectivity index (χ0v) is 16.9. The van der Waals surface area contributed by atoms with Crippen molar-refractivity contribution in [2.45, 2.75) is 58.6 Å². The van der Waals surface area contributed by atoms with Crippen LogP contribution in [0.25, 0.3) is 0 Å². The van der Waals surface area contributed by atoms with Crippen LogP contribution in [0.5, 0.6) is 11.5 Å². The molecule has 0 aromatic heterocycles. The molecule has 6 heteroatoms. The van der Waals surface area contributed by atoms with Crippen molar-refractivity contribution in [3.8, 4) is 11.5 Å². The van der Waals surface area contributed by atoms with Gasteiger partial charge in [-0.1, -0.05) is 26.7 Å². The van der Waals surface area contributed by atoms with Crippen LogP contribution in [0.3, 0.4) is 0 Å². The van der Waals surface area contributed by atoms with E-state index in [2.05, 4.69) is 29.5 Å². The average Bonchev–Trinajstić information content (AvgIpc) is 2.64. The zero-order valence-electron chi connectivity index (χ0n) is 16.9. The van der Waals surface area contributed by atoms with E-state index < -0.39 is 5.60 Å². The topological polar surface area (TPSA) is 75.1 Å². The Morgan fingerprint density at radius 3 is 2.31 bits per heavy atom. The minimum atomic E-state index is -0.697. The Morgan fingerprint density at radius 1 is 1.08 bits per heavy atom. The third kappa shape index (κ3) is 7.12. The monoisotopic (exact) mass is 365 g/mol. The number of ether oxygens (including phenoxy) is 2. The highest BCUT2D eigenvalue weighted by atomic mass is 16.5. The second-order valence-corrected chi connectivity index (χ2v) is 6.45. The lowest BCUT2D eigenvalue weighted by Gasteiger charge is -2.28. The van der Waals surface area contributed by atoms with Crippen molar-refractivity contribution >= 4 is 5.96 Å². The third-order valence-electron chi connectivity index (χ3n) is 4.26. The van der Waals surface area contributed by atoms with Gasteiger partial charge < -0.3 is 25.2 Å². The molecule has 1 aromatic carbocycles. The minimum absolute atomic E-state index is 0.475. The summed E-state index contributed by atoms with van der Waals surface area (Å²) >= 11 is 0. The van der Waals surface area contributed by atoms with Gasteiger partial charge in [0.2, 0.25) is 0 Å². The van der Waals surface area contributed by atoms with Crippen LogP contribution in [0.4, 0.5) is 0 Å². The molecule has 0 aliphatic rings. The Kier molecular flexibility index (Phi) is 9.88. The number of hydrogen-bond acceptors (Lipinski definition) is 4. The van der Waals surface area contributed by atoms with Gasteiger partial charge in [0.25, 0.3) is 0 Å². The fourth-order valence-electron chi connectivity index (χ4n) is 2.97. The van der Waals surface area contributed by atoms with Gasteiger partial charge in [-0.15, -0.1) is 0 Å². The van der Waals surface area contributed by atoms with E-state index in [1.165, 1.54) is 0 Å². The maximum absolute atomic E-state index is 10.8. The molecule has 3 N–H and O–H groups in total. The van der Waals surface area contributed by atoms with Crippen LogP contribution in [-0.4, -0.2) is 44.0 Å². The van der Waals surface area contributed by atoms with Crippen LogP contribution in [0, 0.1) is 0 Å². The maximum atomic E-state index is 10.8. The van der Waals surface area contributed by atoms with Gasteiger partial charge in [0.1, 0.15) is 11.5 Å². The second kappa shape index (κ2) is 11.6. The van der Waals surface area contributed by atoms with Gasteiger partial charge in [-0.2, -0.15) is 0 Å². The standard InChI is InChI=1S/C20H35N3O3/c1-6-11-20(24,12-7-2)15-23-19(21-8-3)22-14-16-9-10-17(25-4)13-18(16)26-5/h9-10,13,24H,6-8,11-12,14-15H2,1-5H3,(H2,21,22,23). The molecule has 0 amide bonds. The van der Waals surface area contributed by atoms with Gasteiger partial charge in [-0.3, -0.25) is 0 Å². The Hall–Kier alpha value is -1.95. The molecular weight excluding hydrogens is 330 g/mol. The van der Waals surface area contributed by atoms with E-state index in [-0.39, 0.29) is 0 Å². The average molecular weight is 366 g/mol. The molecule has 26 heavy (non-hydrogen) atoms. The molecular formula is C20H35N3O3. The number of guanidine groups is 1. The van der Waals surface area contributed by atoms with Crippen LogP contribution in [-0.2, 0) is 6.54 Å². The molecule has 0 saturated carbocycles. The van der Waals surface area contributed by atoms with Gasteiger partial charge in [0.15, 0.2) is 5.96 Å². The molecule has 0 bridgehead atoms. The summed E-state index contributed by atoms with van der Waals surface area (Å²) in [5.74, 6) is 2.19. The summed E-state index contributed by atoms with van der Waals surface area (Å²) in [4.78, 5) is 4.63. The summed E-state index contributed by atoms with van der Waals surface area (Å²) in [7, 11) is 3.27. The van der Waals surface area contributed by atoms with Crippen molar-refractivity contribution in [3.05, 3.63) is 23.8 Å². The number of aliphatic hydroxyl groups is 1. The lowest BCUT2D eigenvalue weighted by molar-refractivity contribution is 0.0257. The Labute approximate surface area is 158 Å². The molecule has 0 fully saturated rings. The summed E-state index contributed by atoms with van der Waals surface area (Å²) in [6, 6.07) is 5.71. The van der Waals surface area contributed by atoms with E-state index in [0.717, 1.165) is 49.3 Å². The van der Waals surface area contributed by atoms with Gasteiger partial charge >= 0.3 is 0 Å². The zero-order chi connectivity index (χ0) is 19.4. The van der Waals surface area contributed by atoms with Crippen LogP contribution in [0.2, 0.25) is 0 Å². The van der Waals surface area contributed by atoms with Gasteiger partial charge in [-0.25, -0.2) is 4.99 Å².